The summed E-state index contributed by atoms with van der Waals surface area (Å²) in [6.07, 6.45) is 8.53. The molecule has 1 atom stereocenters. The molecule has 1 aliphatic heterocycles. The van der Waals surface area contributed by atoms with Gasteiger partial charge in [0, 0.05) is 30.8 Å². The maximum absolute atomic E-state index is 11.5. The highest BCUT2D eigenvalue weighted by molar-refractivity contribution is 7.81. The molecule has 4 heteroatoms. The van der Waals surface area contributed by atoms with Crippen LogP contribution in [0.15, 0.2) is 0 Å². The molecule has 0 aromatic heterocycles. The Bertz CT molecular complexity index is 254. The van der Waals surface area contributed by atoms with Crippen LogP contribution in [0.1, 0.15) is 44.9 Å². The van der Waals surface area contributed by atoms with Crippen LogP contribution in [0.5, 0.6) is 0 Å². The smallest absolute Gasteiger partial charge is 0.223 e. The number of nitrogens with zero attached hydrogens (tertiary/aromatic N) is 1. The van der Waals surface area contributed by atoms with Gasteiger partial charge in [0.15, 0.2) is 0 Å². The van der Waals surface area contributed by atoms with E-state index in [9.17, 15) is 4.79 Å². The van der Waals surface area contributed by atoms with Gasteiger partial charge in [-0.05, 0) is 25.8 Å². The molecule has 2 fully saturated rings. The molecule has 1 N–H and O–H groups in total. The van der Waals surface area contributed by atoms with Gasteiger partial charge >= 0.3 is 0 Å². The Morgan fingerprint density at radius 2 is 2.06 bits per heavy atom. The quantitative estimate of drug-likeness (QED) is 0.581. The SMILES string of the molecule is O=C1CC(S)CN1CCCNC1CCCCC1. The van der Waals surface area contributed by atoms with E-state index in [4.69, 9.17) is 0 Å². The van der Waals surface area contributed by atoms with Crippen LogP contribution in [0.4, 0.5) is 0 Å². The molecule has 1 saturated carbocycles. The van der Waals surface area contributed by atoms with Crippen LogP contribution in [-0.2, 0) is 4.79 Å². The molecule has 0 aromatic carbocycles. The lowest BCUT2D eigenvalue weighted by atomic mass is 9.95. The Kier molecular flexibility index (Phi) is 5.16. The third-order valence-electron chi connectivity index (χ3n) is 3.84. The summed E-state index contributed by atoms with van der Waals surface area (Å²) in [6.45, 7) is 2.78. The predicted octanol–water partition coefficient (Wildman–Crippen LogP) is 1.83. The van der Waals surface area contributed by atoms with Crippen LogP contribution in [0, 0.1) is 0 Å². The second kappa shape index (κ2) is 6.64. The first-order valence-corrected chi connectivity index (χ1v) is 7.46. The van der Waals surface area contributed by atoms with E-state index in [1.165, 1.54) is 32.1 Å². The number of hydrogen-bond donors (Lipinski definition) is 2. The van der Waals surface area contributed by atoms with E-state index in [1.807, 2.05) is 4.90 Å². The molecule has 1 saturated heterocycles. The summed E-state index contributed by atoms with van der Waals surface area (Å²) in [4.78, 5) is 13.5. The molecule has 1 amide bonds. The zero-order chi connectivity index (χ0) is 12.1. The van der Waals surface area contributed by atoms with Crippen LogP contribution in [-0.4, -0.2) is 41.7 Å². The lowest BCUT2D eigenvalue weighted by Crippen LogP contribution is -2.34. The van der Waals surface area contributed by atoms with E-state index in [0.29, 0.717) is 6.42 Å². The first-order valence-electron chi connectivity index (χ1n) is 6.95. The number of carbonyl (C=O) groups is 1. The van der Waals surface area contributed by atoms with Gasteiger partial charge in [-0.3, -0.25) is 4.79 Å². The van der Waals surface area contributed by atoms with Crippen LogP contribution < -0.4 is 5.32 Å². The number of likely N-dealkylation sites (tertiary alicyclic amines) is 1. The third-order valence-corrected chi connectivity index (χ3v) is 4.18. The molecule has 2 rings (SSSR count). The molecule has 17 heavy (non-hydrogen) atoms. The number of nitrogens with one attached hydrogen (secondary N) is 1. The molecular formula is C13H24N2OS. The maximum atomic E-state index is 11.5. The van der Waals surface area contributed by atoms with Crippen molar-refractivity contribution >= 4 is 18.5 Å². The van der Waals surface area contributed by atoms with Gasteiger partial charge in [0.05, 0.1) is 0 Å². The van der Waals surface area contributed by atoms with Crippen LogP contribution in [0.25, 0.3) is 0 Å². The summed E-state index contributed by atoms with van der Waals surface area (Å²) in [7, 11) is 0. The molecule has 0 bridgehead atoms. The van der Waals surface area contributed by atoms with Crippen molar-refractivity contribution in [3.63, 3.8) is 0 Å². The largest absolute Gasteiger partial charge is 0.342 e. The summed E-state index contributed by atoms with van der Waals surface area (Å²) in [5, 5.41) is 3.87. The van der Waals surface area contributed by atoms with E-state index in [-0.39, 0.29) is 11.2 Å². The fourth-order valence-electron chi connectivity index (χ4n) is 2.85. The zero-order valence-corrected chi connectivity index (χ0v) is 11.4. The second-order valence-electron chi connectivity index (χ2n) is 5.34. The number of hydrogen-bond acceptors (Lipinski definition) is 3. The van der Waals surface area contributed by atoms with Gasteiger partial charge in [-0.15, -0.1) is 0 Å². The Labute approximate surface area is 110 Å². The minimum atomic E-state index is 0.258. The van der Waals surface area contributed by atoms with E-state index >= 15 is 0 Å². The normalized spacial score (nSPS) is 26.8. The third kappa shape index (κ3) is 4.18. The summed E-state index contributed by atoms with van der Waals surface area (Å²) < 4.78 is 0. The monoisotopic (exact) mass is 256 g/mol. The summed E-state index contributed by atoms with van der Waals surface area (Å²) in [5.41, 5.74) is 0. The highest BCUT2D eigenvalue weighted by Crippen LogP contribution is 2.18. The van der Waals surface area contributed by atoms with Gasteiger partial charge in [-0.2, -0.15) is 12.6 Å². The number of amides is 1. The Balaban J connectivity index is 1.55. The van der Waals surface area contributed by atoms with Crippen molar-refractivity contribution in [2.75, 3.05) is 19.6 Å². The molecule has 2 aliphatic rings. The molecule has 0 spiro atoms. The van der Waals surface area contributed by atoms with Crippen LogP contribution in [0.3, 0.4) is 0 Å². The number of rotatable bonds is 5. The fraction of sp³-hybridized carbons (Fsp3) is 0.923. The number of carbonyl (C=O) groups excluding carboxylic acids is 1. The van der Waals surface area contributed by atoms with Crippen LogP contribution in [0.2, 0.25) is 0 Å². The Morgan fingerprint density at radius 1 is 1.29 bits per heavy atom. The zero-order valence-electron chi connectivity index (χ0n) is 10.5. The molecule has 1 aliphatic carbocycles. The lowest BCUT2D eigenvalue weighted by Gasteiger charge is -2.23. The molecule has 1 unspecified atom stereocenters. The second-order valence-corrected chi connectivity index (χ2v) is 6.07. The van der Waals surface area contributed by atoms with Crippen molar-refractivity contribution in [2.24, 2.45) is 0 Å². The maximum Gasteiger partial charge on any atom is 0.223 e. The van der Waals surface area contributed by atoms with Gasteiger partial charge in [0.2, 0.25) is 5.91 Å². The first-order chi connectivity index (χ1) is 8.25. The van der Waals surface area contributed by atoms with Crippen molar-refractivity contribution in [2.45, 2.75) is 56.2 Å². The van der Waals surface area contributed by atoms with E-state index in [2.05, 4.69) is 17.9 Å². The van der Waals surface area contributed by atoms with Crippen molar-refractivity contribution < 1.29 is 4.79 Å². The molecule has 3 nitrogen and oxygen atoms in total. The van der Waals surface area contributed by atoms with Gasteiger partial charge in [0.25, 0.3) is 0 Å². The van der Waals surface area contributed by atoms with Gasteiger partial charge in [0.1, 0.15) is 0 Å². The average Bonchev–Trinajstić information content (AvgIpc) is 2.65. The van der Waals surface area contributed by atoms with E-state index in [1.54, 1.807) is 0 Å². The summed E-state index contributed by atoms with van der Waals surface area (Å²) in [5.74, 6) is 0.280. The van der Waals surface area contributed by atoms with Gasteiger partial charge in [-0.1, -0.05) is 19.3 Å². The molecule has 0 aromatic rings. The first kappa shape index (κ1) is 13.2. The van der Waals surface area contributed by atoms with Crippen molar-refractivity contribution in [1.29, 1.82) is 0 Å². The Morgan fingerprint density at radius 3 is 2.71 bits per heavy atom. The molecule has 0 radical (unpaired) electrons. The number of thiol groups is 1. The minimum absolute atomic E-state index is 0.258. The van der Waals surface area contributed by atoms with Crippen LogP contribution >= 0.6 is 12.6 Å². The lowest BCUT2D eigenvalue weighted by molar-refractivity contribution is -0.127. The standard InChI is InChI=1S/C13H24N2OS/c16-13-9-12(17)10-15(13)8-4-7-14-11-5-2-1-3-6-11/h11-12,14,17H,1-10H2. The summed E-state index contributed by atoms with van der Waals surface area (Å²) in [6, 6.07) is 0.732. The van der Waals surface area contributed by atoms with Crippen molar-refractivity contribution in [3.8, 4) is 0 Å². The molecule has 1 heterocycles. The highest BCUT2D eigenvalue weighted by atomic mass is 32.1. The Hall–Kier alpha value is -0.220. The van der Waals surface area contributed by atoms with E-state index < -0.39 is 0 Å². The topological polar surface area (TPSA) is 32.3 Å². The fourth-order valence-corrected chi connectivity index (χ4v) is 3.20. The minimum Gasteiger partial charge on any atom is -0.342 e. The highest BCUT2D eigenvalue weighted by Gasteiger charge is 2.26. The van der Waals surface area contributed by atoms with Crippen molar-refractivity contribution in [1.82, 2.24) is 10.2 Å². The summed E-state index contributed by atoms with van der Waals surface area (Å²) >= 11 is 4.36. The average molecular weight is 256 g/mol. The molecular weight excluding hydrogens is 232 g/mol. The molecule has 98 valence electrons. The van der Waals surface area contributed by atoms with E-state index in [0.717, 1.165) is 32.1 Å². The van der Waals surface area contributed by atoms with Gasteiger partial charge < -0.3 is 10.2 Å². The predicted molar refractivity (Wildman–Crippen MR) is 73.5 cm³/mol. The van der Waals surface area contributed by atoms with Gasteiger partial charge in [-0.25, -0.2) is 0 Å². The van der Waals surface area contributed by atoms with Crippen molar-refractivity contribution in [3.05, 3.63) is 0 Å².